The molecule has 0 aliphatic carbocycles. The van der Waals surface area contributed by atoms with Crippen molar-refractivity contribution in [3.8, 4) is 0 Å². The largest absolute Gasteiger partial charge is 0.465 e. The zero-order chi connectivity index (χ0) is 16.6. The van der Waals surface area contributed by atoms with E-state index in [1.165, 1.54) is 7.11 Å². The van der Waals surface area contributed by atoms with Crippen molar-refractivity contribution in [3.63, 3.8) is 0 Å². The number of benzene rings is 2. The molecule has 0 atom stereocenters. The van der Waals surface area contributed by atoms with Crippen molar-refractivity contribution in [1.29, 1.82) is 0 Å². The number of aromatic amines is 1. The first-order chi connectivity index (χ1) is 11.0. The molecule has 0 aliphatic rings. The predicted molar refractivity (Wildman–Crippen MR) is 96.3 cm³/mol. The minimum atomic E-state index is -0.309. The van der Waals surface area contributed by atoms with Crippen LogP contribution in [0.15, 0.2) is 40.9 Å². The number of methoxy groups -OCH3 is 1. The summed E-state index contributed by atoms with van der Waals surface area (Å²) >= 11 is 9.56. The summed E-state index contributed by atoms with van der Waals surface area (Å²) in [5.74, 6) is -0.309. The Hall–Kier alpha value is -1.78. The molecule has 3 rings (SSSR count). The quantitative estimate of drug-likeness (QED) is 0.617. The fourth-order valence-electron chi connectivity index (χ4n) is 2.61. The van der Waals surface area contributed by atoms with E-state index in [1.54, 1.807) is 0 Å². The molecular formula is C18H15BrClNO2. The third kappa shape index (κ3) is 3.28. The SMILES string of the molecule is COC(=O)c1cc(Cc2cc3cc(Br)c(Cl)cc3[nH]2)ccc1C. The van der Waals surface area contributed by atoms with E-state index in [4.69, 9.17) is 16.3 Å². The van der Waals surface area contributed by atoms with Crippen LogP contribution in [0.5, 0.6) is 0 Å². The van der Waals surface area contributed by atoms with Gasteiger partial charge in [0.2, 0.25) is 0 Å². The maximum Gasteiger partial charge on any atom is 0.338 e. The van der Waals surface area contributed by atoms with E-state index >= 15 is 0 Å². The second kappa shape index (κ2) is 6.38. The summed E-state index contributed by atoms with van der Waals surface area (Å²) in [6, 6.07) is 11.8. The summed E-state index contributed by atoms with van der Waals surface area (Å²) in [7, 11) is 1.40. The standard InChI is InChI=1S/C18H15BrClNO2/c1-10-3-4-11(6-14(10)18(22)23-2)5-13-7-12-8-15(19)16(20)9-17(12)21-13/h3-4,6-9,21H,5H2,1-2H3. The van der Waals surface area contributed by atoms with Crippen LogP contribution in [-0.4, -0.2) is 18.1 Å². The van der Waals surface area contributed by atoms with Gasteiger partial charge in [-0.2, -0.15) is 0 Å². The summed E-state index contributed by atoms with van der Waals surface area (Å²) in [4.78, 5) is 15.2. The lowest BCUT2D eigenvalue weighted by atomic mass is 10.0. The first-order valence-corrected chi connectivity index (χ1v) is 8.29. The second-order valence-corrected chi connectivity index (χ2v) is 6.73. The van der Waals surface area contributed by atoms with Gasteiger partial charge in [-0.3, -0.25) is 0 Å². The van der Waals surface area contributed by atoms with Gasteiger partial charge in [-0.15, -0.1) is 0 Å². The van der Waals surface area contributed by atoms with Gasteiger partial charge in [0.05, 0.1) is 17.7 Å². The van der Waals surface area contributed by atoms with Crippen molar-refractivity contribution in [2.75, 3.05) is 7.11 Å². The van der Waals surface area contributed by atoms with Gasteiger partial charge in [-0.1, -0.05) is 23.7 Å². The molecule has 0 saturated heterocycles. The number of fused-ring (bicyclic) bond motifs is 1. The highest BCUT2D eigenvalue weighted by Gasteiger charge is 2.11. The number of aromatic nitrogens is 1. The maximum atomic E-state index is 11.8. The van der Waals surface area contributed by atoms with Gasteiger partial charge < -0.3 is 9.72 Å². The fourth-order valence-corrected chi connectivity index (χ4v) is 3.14. The minimum absolute atomic E-state index is 0.309. The van der Waals surface area contributed by atoms with E-state index < -0.39 is 0 Å². The number of nitrogens with one attached hydrogen (secondary N) is 1. The van der Waals surface area contributed by atoms with E-state index in [9.17, 15) is 4.79 Å². The molecule has 23 heavy (non-hydrogen) atoms. The molecule has 3 nitrogen and oxygen atoms in total. The molecule has 0 bridgehead atoms. The Balaban J connectivity index is 1.94. The average molecular weight is 393 g/mol. The molecule has 1 heterocycles. The summed E-state index contributed by atoms with van der Waals surface area (Å²) in [5.41, 5.74) is 4.62. The lowest BCUT2D eigenvalue weighted by molar-refractivity contribution is 0.0600. The van der Waals surface area contributed by atoms with Crippen molar-refractivity contribution in [1.82, 2.24) is 4.98 Å². The number of hydrogen-bond donors (Lipinski definition) is 1. The van der Waals surface area contributed by atoms with Crippen molar-refractivity contribution < 1.29 is 9.53 Å². The summed E-state index contributed by atoms with van der Waals surface area (Å²) in [6.07, 6.45) is 0.703. The number of aryl methyl sites for hydroxylation is 1. The Kier molecular flexibility index (Phi) is 4.46. The van der Waals surface area contributed by atoms with Crippen LogP contribution in [0.4, 0.5) is 0 Å². The van der Waals surface area contributed by atoms with Gasteiger partial charge in [0.15, 0.2) is 0 Å². The topological polar surface area (TPSA) is 42.1 Å². The zero-order valence-electron chi connectivity index (χ0n) is 12.7. The number of ether oxygens (including phenoxy) is 1. The number of hydrogen-bond acceptors (Lipinski definition) is 2. The molecule has 118 valence electrons. The normalized spacial score (nSPS) is 11.0. The number of esters is 1. The highest BCUT2D eigenvalue weighted by atomic mass is 79.9. The van der Waals surface area contributed by atoms with Crippen LogP contribution in [0.1, 0.15) is 27.2 Å². The molecule has 0 unspecified atom stereocenters. The van der Waals surface area contributed by atoms with Crippen LogP contribution in [0.25, 0.3) is 10.9 Å². The summed E-state index contributed by atoms with van der Waals surface area (Å²) in [6.45, 7) is 1.90. The minimum Gasteiger partial charge on any atom is -0.465 e. The van der Waals surface area contributed by atoms with Crippen molar-refractivity contribution in [2.24, 2.45) is 0 Å². The Labute approximate surface area is 147 Å². The third-order valence-electron chi connectivity index (χ3n) is 3.82. The molecule has 3 aromatic rings. The molecule has 0 amide bonds. The maximum absolute atomic E-state index is 11.8. The number of halogens is 2. The predicted octanol–water partition coefficient (Wildman–Crippen LogP) is 5.27. The van der Waals surface area contributed by atoms with Crippen LogP contribution in [0, 0.1) is 6.92 Å². The lowest BCUT2D eigenvalue weighted by Gasteiger charge is -2.06. The van der Waals surface area contributed by atoms with E-state index in [-0.39, 0.29) is 5.97 Å². The van der Waals surface area contributed by atoms with Gasteiger partial charge >= 0.3 is 5.97 Å². The van der Waals surface area contributed by atoms with Gasteiger partial charge in [-0.25, -0.2) is 4.79 Å². The Morgan fingerprint density at radius 2 is 2.04 bits per heavy atom. The smallest absolute Gasteiger partial charge is 0.338 e. The highest BCUT2D eigenvalue weighted by molar-refractivity contribution is 9.10. The lowest BCUT2D eigenvalue weighted by Crippen LogP contribution is -2.04. The first-order valence-electron chi connectivity index (χ1n) is 7.12. The van der Waals surface area contributed by atoms with E-state index in [2.05, 4.69) is 27.0 Å². The molecular weight excluding hydrogens is 378 g/mol. The number of rotatable bonds is 3. The molecule has 0 radical (unpaired) electrons. The Bertz CT molecular complexity index is 862. The van der Waals surface area contributed by atoms with Crippen LogP contribution >= 0.6 is 27.5 Å². The number of H-pyrrole nitrogens is 1. The van der Waals surface area contributed by atoms with Crippen LogP contribution in [0.3, 0.4) is 0 Å². The Morgan fingerprint density at radius 1 is 1.26 bits per heavy atom. The highest BCUT2D eigenvalue weighted by Crippen LogP contribution is 2.29. The molecule has 5 heteroatoms. The van der Waals surface area contributed by atoms with Crippen LogP contribution in [0.2, 0.25) is 5.02 Å². The van der Waals surface area contributed by atoms with Gasteiger partial charge in [0, 0.05) is 27.5 Å². The molecule has 0 aliphatic heterocycles. The van der Waals surface area contributed by atoms with E-state index in [1.807, 2.05) is 37.3 Å². The zero-order valence-corrected chi connectivity index (χ0v) is 15.1. The fraction of sp³-hybridized carbons (Fsp3) is 0.167. The van der Waals surface area contributed by atoms with E-state index in [0.29, 0.717) is 17.0 Å². The summed E-state index contributed by atoms with van der Waals surface area (Å²) < 4.78 is 5.71. The molecule has 1 N–H and O–H groups in total. The van der Waals surface area contributed by atoms with Gasteiger partial charge in [-0.05, 0) is 58.2 Å². The van der Waals surface area contributed by atoms with Gasteiger partial charge in [0.25, 0.3) is 0 Å². The average Bonchev–Trinajstić information content (AvgIpc) is 2.90. The molecule has 0 saturated carbocycles. The number of carbonyl (C=O) groups is 1. The van der Waals surface area contributed by atoms with Crippen LogP contribution < -0.4 is 0 Å². The third-order valence-corrected chi connectivity index (χ3v) is 5.02. The van der Waals surface area contributed by atoms with Crippen LogP contribution in [-0.2, 0) is 11.2 Å². The van der Waals surface area contributed by atoms with Gasteiger partial charge in [0.1, 0.15) is 0 Å². The first kappa shape index (κ1) is 16.1. The molecule has 0 spiro atoms. The summed E-state index contributed by atoms with van der Waals surface area (Å²) in [5, 5.41) is 1.77. The van der Waals surface area contributed by atoms with Crippen molar-refractivity contribution in [3.05, 3.63) is 68.3 Å². The van der Waals surface area contributed by atoms with E-state index in [0.717, 1.165) is 32.2 Å². The number of carbonyl (C=O) groups excluding carboxylic acids is 1. The molecule has 1 aromatic heterocycles. The van der Waals surface area contributed by atoms with Crippen molar-refractivity contribution in [2.45, 2.75) is 13.3 Å². The molecule has 0 fully saturated rings. The van der Waals surface area contributed by atoms with Crippen molar-refractivity contribution >= 4 is 44.4 Å². The second-order valence-electron chi connectivity index (χ2n) is 5.47. The Morgan fingerprint density at radius 3 is 2.78 bits per heavy atom. The monoisotopic (exact) mass is 391 g/mol. The molecule has 2 aromatic carbocycles.